The first-order valence-corrected chi connectivity index (χ1v) is 6.36. The molecule has 0 radical (unpaired) electrons. The van der Waals surface area contributed by atoms with Crippen LogP contribution in [0.5, 0.6) is 0 Å². The quantitative estimate of drug-likeness (QED) is 0.807. The van der Waals surface area contributed by atoms with Gasteiger partial charge in [-0.25, -0.2) is 0 Å². The minimum atomic E-state index is -0.319. The molecule has 1 rings (SSSR count). The Morgan fingerprint density at radius 3 is 2.56 bits per heavy atom. The number of Topliss-reactive ketones (excluding diaryl/α,β-unsaturated/α-hetero) is 1. The van der Waals surface area contributed by atoms with Crippen LogP contribution >= 0.6 is 11.6 Å². The second-order valence-corrected chi connectivity index (χ2v) is 5.45. The van der Waals surface area contributed by atoms with Crippen LogP contribution in [0.3, 0.4) is 0 Å². The summed E-state index contributed by atoms with van der Waals surface area (Å²) in [4.78, 5) is 14.0. The van der Waals surface area contributed by atoms with E-state index in [2.05, 4.69) is 0 Å². The van der Waals surface area contributed by atoms with Crippen molar-refractivity contribution in [2.75, 3.05) is 20.2 Å². The van der Waals surface area contributed by atoms with Crippen LogP contribution in [0.15, 0.2) is 24.3 Å². The van der Waals surface area contributed by atoms with Gasteiger partial charge >= 0.3 is 0 Å². The van der Waals surface area contributed by atoms with E-state index in [9.17, 15) is 9.90 Å². The molecular formula is C14H20ClNO2. The maximum atomic E-state index is 12.0. The highest BCUT2D eigenvalue weighted by molar-refractivity contribution is 6.33. The summed E-state index contributed by atoms with van der Waals surface area (Å²) in [6, 6.07) is 7.07. The lowest BCUT2D eigenvalue weighted by Crippen LogP contribution is -2.45. The van der Waals surface area contributed by atoms with Crippen LogP contribution < -0.4 is 0 Å². The molecule has 0 aromatic heterocycles. The topological polar surface area (TPSA) is 40.5 Å². The fraction of sp³-hybridized carbons (Fsp3) is 0.500. The number of rotatable bonds is 6. The molecule has 0 saturated carbocycles. The third kappa shape index (κ3) is 3.80. The van der Waals surface area contributed by atoms with Crippen molar-refractivity contribution in [2.24, 2.45) is 0 Å². The van der Waals surface area contributed by atoms with Gasteiger partial charge in [0.15, 0.2) is 5.78 Å². The number of hydrogen-bond donors (Lipinski definition) is 1. The number of nitrogens with zero attached hydrogens (tertiary/aromatic N) is 1. The molecule has 0 unspecified atom stereocenters. The molecule has 0 bridgehead atoms. The van der Waals surface area contributed by atoms with E-state index in [1.165, 1.54) is 0 Å². The normalized spacial score (nSPS) is 11.9. The zero-order chi connectivity index (χ0) is 13.8. The molecule has 0 heterocycles. The van der Waals surface area contributed by atoms with Gasteiger partial charge in [-0.1, -0.05) is 23.7 Å². The highest BCUT2D eigenvalue weighted by Crippen LogP contribution is 2.18. The minimum Gasteiger partial charge on any atom is -0.394 e. The fourth-order valence-corrected chi connectivity index (χ4v) is 1.76. The summed E-state index contributed by atoms with van der Waals surface area (Å²) < 4.78 is 0. The first kappa shape index (κ1) is 15.2. The van der Waals surface area contributed by atoms with Crippen molar-refractivity contribution in [3.63, 3.8) is 0 Å². The molecule has 3 nitrogen and oxygen atoms in total. The van der Waals surface area contributed by atoms with Gasteiger partial charge in [0.2, 0.25) is 0 Å². The standard InChI is InChI=1S/C14H20ClNO2/c1-14(2,10-17)16(3)9-8-13(18)11-6-4-5-7-12(11)15/h4-7,17H,8-10H2,1-3H3. The predicted octanol–water partition coefficient (Wildman–Crippen LogP) is 2.62. The van der Waals surface area contributed by atoms with E-state index in [4.69, 9.17) is 11.6 Å². The molecule has 0 aliphatic heterocycles. The molecule has 1 aromatic rings. The summed E-state index contributed by atoms with van der Waals surface area (Å²) in [5, 5.41) is 9.74. The number of likely N-dealkylation sites (N-methyl/N-ethyl adjacent to an activating group) is 1. The lowest BCUT2D eigenvalue weighted by atomic mass is 10.0. The van der Waals surface area contributed by atoms with Gasteiger partial charge in [0.05, 0.1) is 11.6 Å². The molecule has 0 spiro atoms. The van der Waals surface area contributed by atoms with Crippen molar-refractivity contribution >= 4 is 17.4 Å². The highest BCUT2D eigenvalue weighted by Gasteiger charge is 2.23. The van der Waals surface area contributed by atoms with Gasteiger partial charge in [-0.15, -0.1) is 0 Å². The number of aliphatic hydroxyl groups is 1. The zero-order valence-electron chi connectivity index (χ0n) is 11.1. The maximum absolute atomic E-state index is 12.0. The molecule has 100 valence electrons. The Morgan fingerprint density at radius 2 is 2.00 bits per heavy atom. The summed E-state index contributed by atoms with van der Waals surface area (Å²) in [6.07, 6.45) is 0.393. The van der Waals surface area contributed by atoms with Crippen LogP contribution in [0.25, 0.3) is 0 Å². The zero-order valence-corrected chi connectivity index (χ0v) is 11.9. The molecule has 0 aliphatic carbocycles. The Kier molecular flexibility index (Phi) is 5.32. The number of carbonyl (C=O) groups is 1. The van der Waals surface area contributed by atoms with Crippen LogP contribution in [-0.2, 0) is 0 Å². The number of hydrogen-bond acceptors (Lipinski definition) is 3. The number of benzene rings is 1. The average Bonchev–Trinajstić information content (AvgIpc) is 2.36. The molecule has 0 aliphatic rings. The van der Waals surface area contributed by atoms with Gasteiger partial charge in [-0.2, -0.15) is 0 Å². The molecule has 4 heteroatoms. The number of aliphatic hydroxyl groups excluding tert-OH is 1. The number of halogens is 1. The lowest BCUT2D eigenvalue weighted by Gasteiger charge is -2.33. The third-order valence-electron chi connectivity index (χ3n) is 3.27. The second kappa shape index (κ2) is 6.32. The van der Waals surface area contributed by atoms with E-state index < -0.39 is 0 Å². The number of carbonyl (C=O) groups excluding carboxylic acids is 1. The average molecular weight is 270 g/mol. The van der Waals surface area contributed by atoms with E-state index in [0.717, 1.165) is 0 Å². The Hall–Kier alpha value is -0.900. The van der Waals surface area contributed by atoms with Gasteiger partial charge in [0.25, 0.3) is 0 Å². The molecule has 1 N–H and O–H groups in total. The molecule has 0 fully saturated rings. The molecule has 0 amide bonds. The second-order valence-electron chi connectivity index (χ2n) is 5.05. The maximum Gasteiger partial charge on any atom is 0.165 e. The summed E-state index contributed by atoms with van der Waals surface area (Å²) in [5.74, 6) is 0.0289. The van der Waals surface area contributed by atoms with Crippen molar-refractivity contribution in [3.8, 4) is 0 Å². The van der Waals surface area contributed by atoms with E-state index >= 15 is 0 Å². The summed E-state index contributed by atoms with van der Waals surface area (Å²) >= 11 is 5.98. The van der Waals surface area contributed by atoms with Gasteiger partial charge < -0.3 is 5.11 Å². The van der Waals surface area contributed by atoms with Gasteiger partial charge in [-0.05, 0) is 33.0 Å². The van der Waals surface area contributed by atoms with Crippen molar-refractivity contribution in [1.82, 2.24) is 4.90 Å². The van der Waals surface area contributed by atoms with E-state index in [1.807, 2.05) is 25.8 Å². The Bertz CT molecular complexity index is 418. The minimum absolute atomic E-state index is 0.0289. The lowest BCUT2D eigenvalue weighted by molar-refractivity contribution is 0.0725. The van der Waals surface area contributed by atoms with Gasteiger partial charge in [0.1, 0.15) is 0 Å². The van der Waals surface area contributed by atoms with Crippen LogP contribution in [0.2, 0.25) is 5.02 Å². The van der Waals surface area contributed by atoms with Crippen LogP contribution in [-0.4, -0.2) is 41.5 Å². The largest absolute Gasteiger partial charge is 0.394 e. The van der Waals surface area contributed by atoms with Crippen molar-refractivity contribution < 1.29 is 9.90 Å². The first-order valence-electron chi connectivity index (χ1n) is 5.98. The molecule has 1 aromatic carbocycles. The monoisotopic (exact) mass is 269 g/mol. The van der Waals surface area contributed by atoms with Gasteiger partial charge in [-0.3, -0.25) is 9.69 Å². The SMILES string of the molecule is CN(CCC(=O)c1ccccc1Cl)C(C)(C)CO. The summed E-state index contributed by atoms with van der Waals surface area (Å²) in [5.41, 5.74) is 0.246. The fourth-order valence-electron chi connectivity index (χ4n) is 1.51. The number of ketones is 1. The first-order chi connectivity index (χ1) is 8.38. The summed E-state index contributed by atoms with van der Waals surface area (Å²) in [7, 11) is 1.90. The molecular weight excluding hydrogens is 250 g/mol. The van der Waals surface area contributed by atoms with Crippen LogP contribution in [0.1, 0.15) is 30.6 Å². The summed E-state index contributed by atoms with van der Waals surface area (Å²) in [6.45, 7) is 4.53. The van der Waals surface area contributed by atoms with Crippen LogP contribution in [0.4, 0.5) is 0 Å². The van der Waals surface area contributed by atoms with Crippen molar-refractivity contribution in [1.29, 1.82) is 0 Å². The molecule has 18 heavy (non-hydrogen) atoms. The third-order valence-corrected chi connectivity index (χ3v) is 3.60. The Labute approximate surface area is 113 Å². The predicted molar refractivity (Wildman–Crippen MR) is 74.2 cm³/mol. The Balaban J connectivity index is 2.60. The smallest absolute Gasteiger partial charge is 0.165 e. The highest BCUT2D eigenvalue weighted by atomic mass is 35.5. The van der Waals surface area contributed by atoms with Gasteiger partial charge in [0, 0.05) is 24.1 Å². The van der Waals surface area contributed by atoms with E-state index in [0.29, 0.717) is 23.6 Å². The van der Waals surface area contributed by atoms with Crippen molar-refractivity contribution in [2.45, 2.75) is 25.8 Å². The van der Waals surface area contributed by atoms with Crippen molar-refractivity contribution in [3.05, 3.63) is 34.9 Å². The van der Waals surface area contributed by atoms with E-state index in [-0.39, 0.29) is 17.9 Å². The molecule has 0 atom stereocenters. The molecule has 0 saturated heterocycles. The van der Waals surface area contributed by atoms with Crippen LogP contribution in [0, 0.1) is 0 Å². The Morgan fingerprint density at radius 1 is 1.39 bits per heavy atom. The van der Waals surface area contributed by atoms with E-state index in [1.54, 1.807) is 24.3 Å².